The van der Waals surface area contributed by atoms with Crippen LogP contribution in [0, 0.1) is 0 Å². The van der Waals surface area contributed by atoms with Gasteiger partial charge in [-0.25, -0.2) is 4.57 Å². The third kappa shape index (κ3) is 8.41. The Bertz CT molecular complexity index is 1100. The van der Waals surface area contributed by atoms with Gasteiger partial charge in [-0.15, -0.1) is 0 Å². The molecule has 1 unspecified atom stereocenters. The van der Waals surface area contributed by atoms with E-state index in [1.807, 2.05) is 0 Å². The molecular weight excluding hydrogens is 517 g/mol. The number of aryl methyl sites for hydroxylation is 1. The Kier molecular flexibility index (Phi) is 10.1. The quantitative estimate of drug-likeness (QED) is 0.249. The highest BCUT2D eigenvalue weighted by Crippen LogP contribution is 2.19. The number of nitrogens with two attached hydrogens (primary N) is 2. The van der Waals surface area contributed by atoms with Crippen molar-refractivity contribution in [1.82, 2.24) is 15.5 Å². The molecular formula is C22H27F3N6O7. The number of rotatable bonds is 8. The highest BCUT2D eigenvalue weighted by Gasteiger charge is 2.38. The van der Waals surface area contributed by atoms with Gasteiger partial charge in [-0.05, 0) is 25.3 Å². The topological polar surface area (TPSA) is 209 Å². The number of carboxylic acid groups (broad SMARTS) is 1. The van der Waals surface area contributed by atoms with Gasteiger partial charge in [-0.1, -0.05) is 0 Å². The van der Waals surface area contributed by atoms with Crippen LogP contribution in [0.2, 0.25) is 0 Å². The molecule has 1 aromatic heterocycles. The number of hydrogen-bond acceptors (Lipinski definition) is 7. The maximum atomic E-state index is 13.2. The van der Waals surface area contributed by atoms with Crippen molar-refractivity contribution in [3.63, 3.8) is 0 Å². The number of alkyl halides is 3. The first-order valence-electron chi connectivity index (χ1n) is 11.5. The van der Waals surface area contributed by atoms with Crippen LogP contribution in [0.1, 0.15) is 42.5 Å². The van der Waals surface area contributed by atoms with E-state index >= 15 is 0 Å². The van der Waals surface area contributed by atoms with Crippen LogP contribution >= 0.6 is 0 Å². The third-order valence-corrected chi connectivity index (χ3v) is 5.84. The number of aromatic nitrogens is 1. The molecule has 3 atom stereocenters. The van der Waals surface area contributed by atoms with Crippen molar-refractivity contribution < 1.29 is 51.6 Å². The van der Waals surface area contributed by atoms with Crippen LogP contribution in [0.15, 0.2) is 24.5 Å². The van der Waals surface area contributed by atoms with Gasteiger partial charge in [0.05, 0.1) is 0 Å². The zero-order chi connectivity index (χ0) is 28.6. The molecule has 208 valence electrons. The molecule has 0 aromatic carbocycles. The first-order valence-corrected chi connectivity index (χ1v) is 11.5. The largest absolute Gasteiger partial charge is 0.542 e. The Balaban J connectivity index is 0.000000638. The Morgan fingerprint density at radius 3 is 2.39 bits per heavy atom. The molecule has 0 radical (unpaired) electrons. The third-order valence-electron chi connectivity index (χ3n) is 5.84. The number of hydrogen-bond donors (Lipinski definition) is 4. The lowest BCUT2D eigenvalue weighted by molar-refractivity contribution is -0.697. The van der Waals surface area contributed by atoms with Crippen LogP contribution in [0.5, 0.6) is 0 Å². The second kappa shape index (κ2) is 12.8. The number of aliphatic carboxylic acids is 1. The van der Waals surface area contributed by atoms with Crippen molar-refractivity contribution in [2.24, 2.45) is 11.5 Å². The smallest absolute Gasteiger partial charge is 0.430 e. The molecule has 2 aliphatic rings. The Labute approximate surface area is 214 Å². The lowest BCUT2D eigenvalue weighted by Gasteiger charge is -2.28. The molecule has 1 aromatic rings. The van der Waals surface area contributed by atoms with Gasteiger partial charge >= 0.3 is 6.18 Å². The highest BCUT2D eigenvalue weighted by molar-refractivity contribution is 5.95. The summed E-state index contributed by atoms with van der Waals surface area (Å²) in [5.41, 5.74) is 11.1. The first-order chi connectivity index (χ1) is 17.7. The predicted molar refractivity (Wildman–Crippen MR) is 118 cm³/mol. The van der Waals surface area contributed by atoms with Crippen LogP contribution in [0.4, 0.5) is 13.2 Å². The molecule has 2 aliphatic heterocycles. The fraction of sp³-hybridized carbons (Fsp3) is 0.500. The second-order valence-electron chi connectivity index (χ2n) is 8.58. The normalized spacial score (nSPS) is 19.6. The summed E-state index contributed by atoms with van der Waals surface area (Å²) in [6.45, 7) is 0.688. The van der Waals surface area contributed by atoms with Crippen LogP contribution < -0.4 is 31.8 Å². The van der Waals surface area contributed by atoms with Crippen molar-refractivity contribution in [3.8, 4) is 0 Å². The number of carbonyl (C=O) groups excluding carboxylic acids is 6. The minimum atomic E-state index is -5.19. The fourth-order valence-electron chi connectivity index (χ4n) is 3.95. The molecule has 13 nitrogen and oxygen atoms in total. The zero-order valence-electron chi connectivity index (χ0n) is 20.0. The van der Waals surface area contributed by atoms with E-state index in [0.29, 0.717) is 37.9 Å². The van der Waals surface area contributed by atoms with Crippen molar-refractivity contribution in [2.75, 3.05) is 6.54 Å². The summed E-state index contributed by atoms with van der Waals surface area (Å²) in [5, 5.41) is 14.1. The van der Waals surface area contributed by atoms with Gasteiger partial charge in [0.2, 0.25) is 23.6 Å². The Morgan fingerprint density at radius 2 is 1.87 bits per heavy atom. The van der Waals surface area contributed by atoms with E-state index in [1.165, 1.54) is 4.90 Å². The number of carboxylic acids is 1. The number of nitrogens with zero attached hydrogens (tertiary/aromatic N) is 2. The summed E-state index contributed by atoms with van der Waals surface area (Å²) in [5.74, 6) is -5.22. The van der Waals surface area contributed by atoms with E-state index in [4.69, 9.17) is 21.4 Å². The van der Waals surface area contributed by atoms with Crippen molar-refractivity contribution in [2.45, 2.75) is 63.0 Å². The molecule has 0 aliphatic carbocycles. The molecule has 3 heterocycles. The fourth-order valence-corrected chi connectivity index (χ4v) is 3.95. The van der Waals surface area contributed by atoms with Crippen LogP contribution in [-0.4, -0.2) is 71.3 Å². The molecule has 0 saturated carbocycles. The summed E-state index contributed by atoms with van der Waals surface area (Å²) in [6.07, 6.45) is 0.0288. The average molecular weight is 544 g/mol. The molecule has 0 bridgehead atoms. The van der Waals surface area contributed by atoms with Gasteiger partial charge in [0.15, 0.2) is 18.9 Å². The Morgan fingerprint density at radius 1 is 1.21 bits per heavy atom. The van der Waals surface area contributed by atoms with Gasteiger partial charge < -0.3 is 36.9 Å². The van der Waals surface area contributed by atoms with E-state index in [2.05, 4.69) is 10.6 Å². The van der Waals surface area contributed by atoms with E-state index in [9.17, 15) is 37.1 Å². The SMILES string of the molecule is NC(=O)c1ccc[n+](CCC(NC(=O)[C@@H]2CCC(=O)N2)C(=O)N2CCC[C@H]2C(N)=O)c1.O=C([O-])C(F)(F)F. The van der Waals surface area contributed by atoms with Crippen LogP contribution in [0.3, 0.4) is 0 Å². The van der Waals surface area contributed by atoms with Gasteiger partial charge in [-0.3, -0.25) is 24.0 Å². The van der Waals surface area contributed by atoms with Gasteiger partial charge in [-0.2, -0.15) is 13.2 Å². The lowest BCUT2D eigenvalue weighted by Crippen LogP contribution is -2.56. The average Bonchev–Trinajstić information content (AvgIpc) is 3.50. The number of halogens is 3. The zero-order valence-corrected chi connectivity index (χ0v) is 20.0. The summed E-state index contributed by atoms with van der Waals surface area (Å²) in [4.78, 5) is 70.6. The van der Waals surface area contributed by atoms with E-state index in [0.717, 1.165) is 0 Å². The number of primary amides is 2. The van der Waals surface area contributed by atoms with Crippen LogP contribution in [-0.2, 0) is 30.5 Å². The number of pyridine rings is 1. The molecule has 38 heavy (non-hydrogen) atoms. The van der Waals surface area contributed by atoms with Crippen molar-refractivity contribution >= 4 is 35.5 Å². The van der Waals surface area contributed by atoms with E-state index < -0.39 is 53.9 Å². The summed E-state index contributed by atoms with van der Waals surface area (Å²) >= 11 is 0. The molecule has 2 fully saturated rings. The molecule has 6 N–H and O–H groups in total. The van der Waals surface area contributed by atoms with Crippen LogP contribution in [0.25, 0.3) is 0 Å². The summed E-state index contributed by atoms with van der Waals surface area (Å²) in [6, 6.07) is 0.915. The predicted octanol–water partition coefficient (Wildman–Crippen LogP) is -3.00. The number of likely N-dealkylation sites (tertiary alicyclic amines) is 1. The number of nitrogens with one attached hydrogen (secondary N) is 2. The summed E-state index contributed by atoms with van der Waals surface area (Å²) < 4.78 is 33.2. The maximum Gasteiger partial charge on any atom is 0.430 e. The first kappa shape index (κ1) is 30.0. The Hall–Kier alpha value is -4.24. The van der Waals surface area contributed by atoms with Crippen molar-refractivity contribution in [1.29, 1.82) is 0 Å². The summed E-state index contributed by atoms with van der Waals surface area (Å²) in [7, 11) is 0. The molecule has 2 saturated heterocycles. The molecule has 16 heteroatoms. The monoisotopic (exact) mass is 544 g/mol. The van der Waals surface area contributed by atoms with Gasteiger partial charge in [0.1, 0.15) is 29.7 Å². The van der Waals surface area contributed by atoms with Gasteiger partial charge in [0, 0.05) is 25.5 Å². The standard InChI is InChI=1S/C20H26N6O5.C2HF3O2/c21-17(28)12-3-1-8-25(11-12)10-7-14(24-19(30)13-5-6-16(27)23-13)20(31)26-9-2-4-15(26)18(22)29;3-2(4,5)1(6)7/h1,3,8,11,13-15H,2,4-7,9-10H2,(H5-,21,22,23,24,27,28,29,30);(H,6,7)/t13-,14?,15-;/m0./s1. The number of carbonyl (C=O) groups is 6. The van der Waals surface area contributed by atoms with Crippen molar-refractivity contribution in [3.05, 3.63) is 30.1 Å². The van der Waals surface area contributed by atoms with Gasteiger partial charge in [0.25, 0.3) is 5.91 Å². The lowest BCUT2D eigenvalue weighted by atomic mass is 10.1. The number of amides is 5. The molecule has 5 amide bonds. The minimum Gasteiger partial charge on any atom is -0.542 e. The molecule has 3 rings (SSSR count). The van der Waals surface area contributed by atoms with E-state index in [-0.39, 0.29) is 18.7 Å². The maximum absolute atomic E-state index is 13.2. The second-order valence-corrected chi connectivity index (χ2v) is 8.58. The highest BCUT2D eigenvalue weighted by atomic mass is 19.4. The molecule has 0 spiro atoms. The van der Waals surface area contributed by atoms with E-state index in [1.54, 1.807) is 29.1 Å². The minimum absolute atomic E-state index is 0.208.